The highest BCUT2D eigenvalue weighted by atomic mass is 32.3. The van der Waals surface area contributed by atoms with Gasteiger partial charge in [0.1, 0.15) is 0 Å². The van der Waals surface area contributed by atoms with E-state index in [1.165, 1.54) is 0 Å². The van der Waals surface area contributed by atoms with Crippen molar-refractivity contribution in [1.82, 2.24) is 14.4 Å². The first-order valence-corrected chi connectivity index (χ1v) is 13.8. The summed E-state index contributed by atoms with van der Waals surface area (Å²) in [6, 6.07) is 4.11. The zero-order valence-corrected chi connectivity index (χ0v) is 20.3. The van der Waals surface area contributed by atoms with E-state index in [9.17, 15) is 18.9 Å². The molecule has 0 radical (unpaired) electrons. The molecule has 1 aliphatic heterocycles. The molecule has 0 bridgehead atoms. The number of nitrogens with one attached hydrogen (secondary N) is 3. The lowest BCUT2D eigenvalue weighted by atomic mass is 9.97. The third kappa shape index (κ3) is 3.62. The highest BCUT2D eigenvalue weighted by Gasteiger charge is 2.40. The number of fused-ring (bicyclic) bond motifs is 2. The molecule has 3 aliphatic carbocycles. The number of nitrogens with zero attached hydrogens (tertiary/aromatic N) is 1. The number of benzene rings is 1. The molecule has 6 rings (SSSR count). The van der Waals surface area contributed by atoms with Gasteiger partial charge in [0.2, 0.25) is 0 Å². The number of amides is 3. The van der Waals surface area contributed by atoms with Crippen LogP contribution in [0.5, 0.6) is 0 Å². The first-order chi connectivity index (χ1) is 16.1. The monoisotopic (exact) mass is 482 g/mol. The van der Waals surface area contributed by atoms with Crippen molar-refractivity contribution in [2.75, 3.05) is 5.32 Å². The van der Waals surface area contributed by atoms with Crippen LogP contribution >= 0.6 is 0 Å². The molecule has 8 nitrogen and oxygen atoms in total. The second-order valence-corrected chi connectivity index (χ2v) is 12.7. The highest BCUT2D eigenvalue weighted by Crippen LogP contribution is 2.53. The van der Waals surface area contributed by atoms with E-state index in [0.717, 1.165) is 73.1 Å². The zero-order valence-electron chi connectivity index (χ0n) is 19.4. The summed E-state index contributed by atoms with van der Waals surface area (Å²) in [6.45, 7) is 3.23. The molecule has 2 saturated carbocycles. The van der Waals surface area contributed by atoms with Gasteiger partial charge >= 0.3 is 6.03 Å². The number of carbonyl (C=O) groups excluding carboxylic acids is 2. The summed E-state index contributed by atoms with van der Waals surface area (Å²) in [4.78, 5) is 31.0. The topological polar surface area (TPSA) is 120 Å². The fourth-order valence-corrected chi connectivity index (χ4v) is 7.09. The molecule has 0 saturated heterocycles. The standard InChI is InChI=1S/C25H30N4O4S/c1-25(2,32)15-10-11-17-19(12-15)34(33,28-23(17)30)29-24(31)27-22-16-4-3-5-18(16)26-21(14-8-9-14)20(22)13-6-7-13/h10-14,32,34H,3-9H2,1-2H3,(H3,26,27,28,29,30,31,33). The Morgan fingerprint density at radius 3 is 2.59 bits per heavy atom. The van der Waals surface area contributed by atoms with E-state index < -0.39 is 27.8 Å². The number of thiol groups is 1. The molecule has 2 aromatic rings. The lowest BCUT2D eigenvalue weighted by Crippen LogP contribution is -2.46. The largest absolute Gasteiger partial charge is 0.386 e. The number of aryl methyl sites for hydroxylation is 1. The van der Waals surface area contributed by atoms with Gasteiger partial charge in [-0.3, -0.25) is 19.2 Å². The van der Waals surface area contributed by atoms with Gasteiger partial charge in [-0.15, -0.1) is 0 Å². The number of aromatic nitrogens is 1. The van der Waals surface area contributed by atoms with Crippen molar-refractivity contribution >= 4 is 27.9 Å². The average Bonchev–Trinajstić information content (AvgIpc) is 3.69. The number of urea groups is 1. The summed E-state index contributed by atoms with van der Waals surface area (Å²) in [6.07, 6.45) is 7.26. The smallest absolute Gasteiger partial charge is 0.331 e. The maximum atomic E-state index is 13.8. The van der Waals surface area contributed by atoms with E-state index in [1.54, 1.807) is 32.0 Å². The van der Waals surface area contributed by atoms with Gasteiger partial charge in [-0.2, -0.15) is 0 Å². The van der Waals surface area contributed by atoms with Crippen molar-refractivity contribution in [2.45, 2.75) is 81.1 Å². The van der Waals surface area contributed by atoms with Crippen molar-refractivity contribution in [3.63, 3.8) is 0 Å². The van der Waals surface area contributed by atoms with Crippen LogP contribution in [-0.4, -0.2) is 26.2 Å². The molecule has 1 aromatic carbocycles. The second kappa shape index (κ2) is 7.36. The Kier molecular flexibility index (Phi) is 4.70. The molecule has 9 heteroatoms. The van der Waals surface area contributed by atoms with E-state index in [0.29, 0.717) is 17.4 Å². The van der Waals surface area contributed by atoms with Gasteiger partial charge in [0.05, 0.1) is 32.1 Å². The first-order valence-electron chi connectivity index (χ1n) is 12.1. The van der Waals surface area contributed by atoms with Crippen LogP contribution in [0.1, 0.15) is 96.2 Å². The van der Waals surface area contributed by atoms with Crippen molar-refractivity contribution in [3.05, 3.63) is 51.8 Å². The molecule has 2 fully saturated rings. The number of pyridine rings is 1. The normalized spacial score (nSPS) is 21.4. The molecule has 0 unspecified atom stereocenters. The maximum absolute atomic E-state index is 13.8. The predicted octanol–water partition coefficient (Wildman–Crippen LogP) is 3.32. The van der Waals surface area contributed by atoms with Crippen LogP contribution in [0.15, 0.2) is 23.1 Å². The van der Waals surface area contributed by atoms with Crippen molar-refractivity contribution < 1.29 is 18.9 Å². The van der Waals surface area contributed by atoms with E-state index >= 15 is 0 Å². The van der Waals surface area contributed by atoms with Gasteiger partial charge in [0, 0.05) is 22.9 Å². The Hall–Kier alpha value is -2.78. The van der Waals surface area contributed by atoms with E-state index in [2.05, 4.69) is 14.8 Å². The number of rotatable bonds is 5. The molecule has 34 heavy (non-hydrogen) atoms. The molecular weight excluding hydrogens is 452 g/mol. The third-order valence-corrected chi connectivity index (χ3v) is 9.37. The van der Waals surface area contributed by atoms with Crippen LogP contribution in [0.25, 0.3) is 0 Å². The number of anilines is 1. The molecule has 3 amide bonds. The Labute approximate surface area is 199 Å². The molecule has 4 aliphatic rings. The van der Waals surface area contributed by atoms with Crippen LogP contribution < -0.4 is 14.8 Å². The molecule has 0 spiro atoms. The fourth-order valence-electron chi connectivity index (χ4n) is 5.21. The SMILES string of the molecule is CC(C)(O)c1ccc2c(c1)[SH](=O)(NC(=O)Nc1c3c(nc(C4CC4)c1C1CC1)CCC3)NC2=O. The van der Waals surface area contributed by atoms with Crippen LogP contribution in [0.2, 0.25) is 0 Å². The summed E-state index contributed by atoms with van der Waals surface area (Å²) in [7, 11) is -3.76. The lowest BCUT2D eigenvalue weighted by molar-refractivity contribution is 0.0782. The van der Waals surface area contributed by atoms with Crippen molar-refractivity contribution in [3.8, 4) is 0 Å². The average molecular weight is 483 g/mol. The predicted molar refractivity (Wildman–Crippen MR) is 129 cm³/mol. The van der Waals surface area contributed by atoms with Crippen LogP contribution in [-0.2, 0) is 28.7 Å². The molecule has 2 heterocycles. The number of aliphatic hydroxyl groups is 1. The Balaban J connectivity index is 1.34. The number of hydrogen-bond donors (Lipinski definition) is 5. The van der Waals surface area contributed by atoms with Gasteiger partial charge in [-0.1, -0.05) is 6.07 Å². The fraction of sp³-hybridized carbons (Fsp3) is 0.480. The summed E-state index contributed by atoms with van der Waals surface area (Å²) >= 11 is 0. The molecule has 0 atom stereocenters. The number of hydrogen-bond acceptors (Lipinski definition) is 5. The second-order valence-electron chi connectivity index (χ2n) is 10.5. The number of carbonyl (C=O) groups is 2. The van der Waals surface area contributed by atoms with E-state index in [1.807, 2.05) is 0 Å². The molecule has 1 aromatic heterocycles. The minimum Gasteiger partial charge on any atom is -0.386 e. The highest BCUT2D eigenvalue weighted by molar-refractivity contribution is 8.01. The summed E-state index contributed by atoms with van der Waals surface area (Å²) < 4.78 is 18.8. The van der Waals surface area contributed by atoms with Crippen LogP contribution in [0.4, 0.5) is 10.5 Å². The quantitative estimate of drug-likeness (QED) is 0.419. The summed E-state index contributed by atoms with van der Waals surface area (Å²) in [5.74, 6) is 0.395. The van der Waals surface area contributed by atoms with Crippen molar-refractivity contribution in [2.24, 2.45) is 0 Å². The minimum absolute atomic E-state index is 0.216. The summed E-state index contributed by atoms with van der Waals surface area (Å²) in [5.41, 5.74) is 4.90. The Morgan fingerprint density at radius 1 is 1.18 bits per heavy atom. The minimum atomic E-state index is -3.76. The van der Waals surface area contributed by atoms with E-state index in [4.69, 9.17) is 4.98 Å². The first kappa shape index (κ1) is 21.7. The molecule has 4 N–H and O–H groups in total. The van der Waals surface area contributed by atoms with Gasteiger partial charge in [0.25, 0.3) is 5.91 Å². The van der Waals surface area contributed by atoms with Crippen LogP contribution in [0, 0.1) is 0 Å². The molecule has 180 valence electrons. The lowest BCUT2D eigenvalue weighted by Gasteiger charge is -2.25. The van der Waals surface area contributed by atoms with Gasteiger partial charge in [-0.25, -0.2) is 9.00 Å². The van der Waals surface area contributed by atoms with E-state index in [-0.39, 0.29) is 10.5 Å². The van der Waals surface area contributed by atoms with Crippen LogP contribution in [0.3, 0.4) is 0 Å². The summed E-state index contributed by atoms with van der Waals surface area (Å²) in [5, 5.41) is 13.4. The van der Waals surface area contributed by atoms with Gasteiger partial charge in [-0.05, 0) is 88.0 Å². The zero-order chi connectivity index (χ0) is 23.8. The Bertz CT molecular complexity index is 1290. The Morgan fingerprint density at radius 2 is 1.91 bits per heavy atom. The van der Waals surface area contributed by atoms with Gasteiger partial charge in [0.15, 0.2) is 0 Å². The third-order valence-electron chi connectivity index (χ3n) is 7.29. The van der Waals surface area contributed by atoms with Crippen molar-refractivity contribution in [1.29, 1.82) is 0 Å². The molecular formula is C25H30N4O4S. The van der Waals surface area contributed by atoms with Gasteiger partial charge < -0.3 is 10.4 Å². The maximum Gasteiger partial charge on any atom is 0.331 e.